The molecule has 0 unspecified atom stereocenters. The van der Waals surface area contributed by atoms with E-state index in [9.17, 15) is 9.59 Å². The number of aryl methyl sites for hydroxylation is 1. The van der Waals surface area contributed by atoms with Gasteiger partial charge >= 0.3 is 0 Å². The molecule has 0 aliphatic rings. The quantitative estimate of drug-likeness (QED) is 0.836. The highest BCUT2D eigenvalue weighted by atomic mass is 35.5. The zero-order valence-corrected chi connectivity index (χ0v) is 10.7. The van der Waals surface area contributed by atoms with E-state index < -0.39 is 0 Å². The Kier molecular flexibility index (Phi) is 3.67. The number of hydrogen-bond donors (Lipinski definition) is 2. The van der Waals surface area contributed by atoms with Crippen molar-refractivity contribution in [3.8, 4) is 0 Å². The van der Waals surface area contributed by atoms with Crippen LogP contribution in [0.15, 0.2) is 29.1 Å². The van der Waals surface area contributed by atoms with Gasteiger partial charge in [0.15, 0.2) is 0 Å². The van der Waals surface area contributed by atoms with Gasteiger partial charge in [-0.15, -0.1) is 11.6 Å². The number of halogens is 1. The molecule has 5 heteroatoms. The van der Waals surface area contributed by atoms with Crippen LogP contribution in [-0.4, -0.2) is 16.8 Å². The average Bonchev–Trinajstić information content (AvgIpc) is 2.29. The monoisotopic (exact) mass is 264 g/mol. The van der Waals surface area contributed by atoms with E-state index in [2.05, 4.69) is 10.3 Å². The molecular weight excluding hydrogens is 252 g/mol. The van der Waals surface area contributed by atoms with Crippen LogP contribution >= 0.6 is 11.6 Å². The summed E-state index contributed by atoms with van der Waals surface area (Å²) in [6, 6.07) is 6.92. The third-order valence-corrected chi connectivity index (χ3v) is 2.80. The van der Waals surface area contributed by atoms with Gasteiger partial charge in [-0.25, -0.2) is 0 Å². The lowest BCUT2D eigenvalue weighted by atomic mass is 10.1. The van der Waals surface area contributed by atoms with Gasteiger partial charge in [0.2, 0.25) is 11.5 Å². The Morgan fingerprint density at radius 3 is 2.83 bits per heavy atom. The molecule has 94 valence electrons. The number of alkyl halides is 1. The van der Waals surface area contributed by atoms with Crippen molar-refractivity contribution in [2.24, 2.45) is 0 Å². The summed E-state index contributed by atoms with van der Waals surface area (Å²) in [5.74, 6) is 0.320. The van der Waals surface area contributed by atoms with Crippen molar-refractivity contribution in [1.82, 2.24) is 4.98 Å². The molecule has 1 aromatic heterocycles. The highest BCUT2D eigenvalue weighted by Crippen LogP contribution is 2.20. The zero-order chi connectivity index (χ0) is 13.1. The fourth-order valence-electron chi connectivity index (χ4n) is 1.91. The van der Waals surface area contributed by atoms with Crippen molar-refractivity contribution in [1.29, 1.82) is 0 Å². The maximum atomic E-state index is 11.5. The molecular formula is C13H13ClN2O2. The van der Waals surface area contributed by atoms with Gasteiger partial charge < -0.3 is 10.3 Å². The van der Waals surface area contributed by atoms with Crippen LogP contribution in [0.5, 0.6) is 0 Å². The van der Waals surface area contributed by atoms with E-state index in [1.165, 1.54) is 6.92 Å². The molecule has 2 rings (SSSR count). The number of benzene rings is 1. The predicted octanol–water partition coefficient (Wildman–Crippen LogP) is 2.27. The van der Waals surface area contributed by atoms with E-state index in [1.54, 1.807) is 18.2 Å². The maximum absolute atomic E-state index is 11.5. The van der Waals surface area contributed by atoms with E-state index in [-0.39, 0.29) is 11.5 Å². The number of carbonyl (C=O) groups is 1. The van der Waals surface area contributed by atoms with Gasteiger partial charge in [0.25, 0.3) is 0 Å². The van der Waals surface area contributed by atoms with Gasteiger partial charge in [-0.3, -0.25) is 9.59 Å². The summed E-state index contributed by atoms with van der Waals surface area (Å²) < 4.78 is 0. The largest absolute Gasteiger partial charge is 0.326 e. The van der Waals surface area contributed by atoms with Crippen LogP contribution < -0.4 is 10.9 Å². The normalized spacial score (nSPS) is 10.6. The Bertz CT molecular complexity index is 649. The highest BCUT2D eigenvalue weighted by Gasteiger charge is 2.05. The second-order valence-electron chi connectivity index (χ2n) is 4.04. The standard InChI is InChI=1S/C13H13ClN2O2/c1-8(17)15-10-2-3-12-11(7-10)9(4-5-14)6-13(18)16-12/h2-3,6-7H,4-5H2,1H3,(H,15,17)(H,16,18). The third kappa shape index (κ3) is 2.71. The van der Waals surface area contributed by atoms with Gasteiger partial charge in [-0.2, -0.15) is 0 Å². The number of nitrogens with one attached hydrogen (secondary N) is 2. The number of aromatic amines is 1. The topological polar surface area (TPSA) is 62.0 Å². The molecule has 18 heavy (non-hydrogen) atoms. The molecule has 0 bridgehead atoms. The van der Waals surface area contributed by atoms with Crippen molar-refractivity contribution < 1.29 is 4.79 Å². The van der Waals surface area contributed by atoms with Crippen molar-refractivity contribution in [3.63, 3.8) is 0 Å². The molecule has 0 spiro atoms. The van der Waals surface area contributed by atoms with Gasteiger partial charge in [-0.05, 0) is 30.2 Å². The molecule has 0 aliphatic carbocycles. The maximum Gasteiger partial charge on any atom is 0.248 e. The summed E-state index contributed by atoms with van der Waals surface area (Å²) in [6.45, 7) is 1.46. The third-order valence-electron chi connectivity index (χ3n) is 2.61. The summed E-state index contributed by atoms with van der Waals surface area (Å²) in [4.78, 5) is 25.3. The Morgan fingerprint density at radius 2 is 2.17 bits per heavy atom. The van der Waals surface area contributed by atoms with Crippen molar-refractivity contribution >= 4 is 34.1 Å². The summed E-state index contributed by atoms with van der Waals surface area (Å²) in [7, 11) is 0. The fraction of sp³-hybridized carbons (Fsp3) is 0.231. The molecule has 1 aromatic carbocycles. The molecule has 0 atom stereocenters. The molecule has 0 saturated heterocycles. The Hall–Kier alpha value is -1.81. The highest BCUT2D eigenvalue weighted by molar-refractivity contribution is 6.18. The lowest BCUT2D eigenvalue weighted by molar-refractivity contribution is -0.114. The van der Waals surface area contributed by atoms with Gasteiger partial charge in [-0.1, -0.05) is 0 Å². The minimum absolute atomic E-state index is 0.127. The second kappa shape index (κ2) is 5.23. The van der Waals surface area contributed by atoms with E-state index in [1.807, 2.05) is 6.07 Å². The Balaban J connectivity index is 2.58. The number of aromatic nitrogens is 1. The van der Waals surface area contributed by atoms with Crippen LogP contribution in [0.4, 0.5) is 5.69 Å². The lowest BCUT2D eigenvalue weighted by Crippen LogP contribution is -2.09. The summed E-state index contributed by atoms with van der Waals surface area (Å²) >= 11 is 5.73. The van der Waals surface area contributed by atoms with Crippen LogP contribution in [0, 0.1) is 0 Å². The number of rotatable bonds is 3. The number of pyridine rings is 1. The minimum Gasteiger partial charge on any atom is -0.326 e. The molecule has 1 amide bonds. The van der Waals surface area contributed by atoms with E-state index in [4.69, 9.17) is 11.6 Å². The number of anilines is 1. The van der Waals surface area contributed by atoms with E-state index >= 15 is 0 Å². The minimum atomic E-state index is -0.144. The molecule has 1 heterocycles. The van der Waals surface area contributed by atoms with Gasteiger partial charge in [0.05, 0.1) is 0 Å². The van der Waals surface area contributed by atoms with Crippen LogP contribution in [0.2, 0.25) is 0 Å². The number of H-pyrrole nitrogens is 1. The van der Waals surface area contributed by atoms with Crippen LogP contribution in [0.3, 0.4) is 0 Å². The molecule has 0 radical (unpaired) electrons. The zero-order valence-electron chi connectivity index (χ0n) is 9.92. The number of hydrogen-bond acceptors (Lipinski definition) is 2. The molecule has 2 N–H and O–H groups in total. The summed E-state index contributed by atoms with van der Waals surface area (Å²) in [5, 5.41) is 3.62. The Labute approximate surface area is 109 Å². The first kappa shape index (κ1) is 12.6. The molecule has 2 aromatic rings. The first-order valence-electron chi connectivity index (χ1n) is 5.59. The molecule has 0 aliphatic heterocycles. The van der Waals surface area contributed by atoms with Crippen LogP contribution in [-0.2, 0) is 11.2 Å². The van der Waals surface area contributed by atoms with E-state index in [0.29, 0.717) is 18.0 Å². The number of fused-ring (bicyclic) bond motifs is 1. The van der Waals surface area contributed by atoms with Crippen molar-refractivity contribution in [3.05, 3.63) is 40.2 Å². The van der Waals surface area contributed by atoms with E-state index in [0.717, 1.165) is 16.5 Å². The number of amides is 1. The second-order valence-corrected chi connectivity index (χ2v) is 4.42. The fourth-order valence-corrected chi connectivity index (χ4v) is 2.12. The first-order valence-corrected chi connectivity index (χ1v) is 6.13. The molecule has 0 fully saturated rings. The molecule has 4 nitrogen and oxygen atoms in total. The van der Waals surface area contributed by atoms with Crippen molar-refractivity contribution in [2.75, 3.05) is 11.2 Å². The SMILES string of the molecule is CC(=O)Nc1ccc2[nH]c(=O)cc(CCCl)c2c1. The summed E-state index contributed by atoms with van der Waals surface area (Å²) in [6.07, 6.45) is 0.617. The summed E-state index contributed by atoms with van der Waals surface area (Å²) in [5.41, 5.74) is 2.19. The van der Waals surface area contributed by atoms with Crippen LogP contribution in [0.25, 0.3) is 10.9 Å². The van der Waals surface area contributed by atoms with Crippen molar-refractivity contribution in [2.45, 2.75) is 13.3 Å². The molecule has 0 saturated carbocycles. The predicted molar refractivity (Wildman–Crippen MR) is 73.3 cm³/mol. The average molecular weight is 265 g/mol. The smallest absolute Gasteiger partial charge is 0.248 e. The van der Waals surface area contributed by atoms with Gasteiger partial charge in [0.1, 0.15) is 0 Å². The lowest BCUT2D eigenvalue weighted by Gasteiger charge is -2.07. The first-order chi connectivity index (χ1) is 8.60. The Morgan fingerprint density at radius 1 is 1.39 bits per heavy atom. The van der Waals surface area contributed by atoms with Crippen LogP contribution in [0.1, 0.15) is 12.5 Å². The number of carbonyl (C=O) groups excluding carboxylic acids is 1. The van der Waals surface area contributed by atoms with Gasteiger partial charge in [0, 0.05) is 35.5 Å².